The average molecular weight is 400 g/mol. The minimum absolute atomic E-state index is 0.196. The number of hydrogen-bond acceptors (Lipinski definition) is 4. The van der Waals surface area contributed by atoms with Crippen LogP contribution < -0.4 is 10.1 Å². The summed E-state index contributed by atoms with van der Waals surface area (Å²) < 4.78 is 11.6. The molecule has 3 aromatic carbocycles. The van der Waals surface area contributed by atoms with E-state index in [1.54, 1.807) is 12.1 Å². The maximum Gasteiger partial charge on any atom is 0.255 e. The molecule has 0 radical (unpaired) electrons. The number of carbonyl (C=O) groups is 1. The lowest BCUT2D eigenvalue weighted by Crippen LogP contribution is -2.12. The molecule has 0 atom stereocenters. The first-order valence-electron chi connectivity index (χ1n) is 10.1. The maximum atomic E-state index is 12.7. The molecular weight excluding hydrogens is 376 g/mol. The summed E-state index contributed by atoms with van der Waals surface area (Å²) in [6, 6.07) is 18.7. The van der Waals surface area contributed by atoms with E-state index in [1.807, 2.05) is 55.5 Å². The van der Waals surface area contributed by atoms with Gasteiger partial charge in [-0.15, -0.1) is 0 Å². The second kappa shape index (κ2) is 8.41. The molecule has 0 saturated carbocycles. The van der Waals surface area contributed by atoms with Crippen molar-refractivity contribution < 1.29 is 13.9 Å². The van der Waals surface area contributed by atoms with E-state index in [0.717, 1.165) is 28.6 Å². The number of ether oxygens (including phenoxy) is 1. The second-order valence-electron chi connectivity index (χ2n) is 7.33. The van der Waals surface area contributed by atoms with E-state index in [9.17, 15) is 4.79 Å². The van der Waals surface area contributed by atoms with Gasteiger partial charge in [0.2, 0.25) is 5.89 Å². The third kappa shape index (κ3) is 4.20. The van der Waals surface area contributed by atoms with Crippen molar-refractivity contribution in [2.45, 2.75) is 27.2 Å². The Morgan fingerprint density at radius 1 is 1.03 bits per heavy atom. The standard InChI is InChI=1S/C25H24N2O3/c1-4-11-29-21-10-6-7-18(15-21)24(28)26-20-9-5-8-19(14-20)25-27-22-12-16(2)17(3)13-23(22)30-25/h5-10,12-15H,4,11H2,1-3H3,(H,26,28). The maximum absolute atomic E-state index is 12.7. The van der Waals surface area contributed by atoms with Crippen LogP contribution in [0.5, 0.6) is 5.75 Å². The molecule has 4 rings (SSSR count). The van der Waals surface area contributed by atoms with Gasteiger partial charge in [-0.2, -0.15) is 0 Å². The zero-order chi connectivity index (χ0) is 21.1. The summed E-state index contributed by atoms with van der Waals surface area (Å²) in [6.45, 7) is 6.77. The van der Waals surface area contributed by atoms with Crippen molar-refractivity contribution in [1.82, 2.24) is 4.98 Å². The van der Waals surface area contributed by atoms with Crippen LogP contribution in [-0.2, 0) is 0 Å². The van der Waals surface area contributed by atoms with Crippen molar-refractivity contribution in [2.75, 3.05) is 11.9 Å². The van der Waals surface area contributed by atoms with Crippen LogP contribution >= 0.6 is 0 Å². The summed E-state index contributed by atoms with van der Waals surface area (Å²) in [6.07, 6.45) is 0.915. The van der Waals surface area contributed by atoms with Crippen LogP contribution in [0.25, 0.3) is 22.6 Å². The smallest absolute Gasteiger partial charge is 0.255 e. The Balaban J connectivity index is 1.56. The number of carbonyl (C=O) groups excluding carboxylic acids is 1. The van der Waals surface area contributed by atoms with E-state index in [4.69, 9.17) is 9.15 Å². The Morgan fingerprint density at radius 2 is 1.83 bits per heavy atom. The number of fused-ring (bicyclic) bond motifs is 1. The van der Waals surface area contributed by atoms with E-state index in [-0.39, 0.29) is 5.91 Å². The number of benzene rings is 3. The molecule has 0 aliphatic rings. The van der Waals surface area contributed by atoms with Crippen molar-refractivity contribution in [1.29, 1.82) is 0 Å². The van der Waals surface area contributed by atoms with E-state index in [2.05, 4.69) is 24.1 Å². The zero-order valence-electron chi connectivity index (χ0n) is 17.4. The minimum Gasteiger partial charge on any atom is -0.494 e. The van der Waals surface area contributed by atoms with Gasteiger partial charge in [-0.05, 0) is 79.9 Å². The number of amides is 1. The first-order chi connectivity index (χ1) is 14.5. The lowest BCUT2D eigenvalue weighted by atomic mass is 10.1. The Bertz CT molecular complexity index is 1170. The van der Waals surface area contributed by atoms with Gasteiger partial charge in [-0.3, -0.25) is 4.79 Å². The van der Waals surface area contributed by atoms with Gasteiger partial charge >= 0.3 is 0 Å². The fourth-order valence-corrected chi connectivity index (χ4v) is 3.18. The molecule has 152 valence electrons. The number of nitrogens with one attached hydrogen (secondary N) is 1. The Labute approximate surface area is 175 Å². The number of hydrogen-bond donors (Lipinski definition) is 1. The fourth-order valence-electron chi connectivity index (χ4n) is 3.18. The van der Waals surface area contributed by atoms with Gasteiger partial charge in [0.05, 0.1) is 6.61 Å². The highest BCUT2D eigenvalue weighted by Gasteiger charge is 2.12. The summed E-state index contributed by atoms with van der Waals surface area (Å²) in [7, 11) is 0. The van der Waals surface area contributed by atoms with Gasteiger partial charge in [0.15, 0.2) is 5.58 Å². The van der Waals surface area contributed by atoms with Gasteiger partial charge in [0.25, 0.3) is 5.91 Å². The molecule has 4 aromatic rings. The minimum atomic E-state index is -0.196. The number of aryl methyl sites for hydroxylation is 2. The molecule has 5 heteroatoms. The SMILES string of the molecule is CCCOc1cccc(C(=O)Nc2cccc(-c3nc4cc(C)c(C)cc4o3)c2)c1. The molecule has 1 aromatic heterocycles. The molecule has 0 bridgehead atoms. The number of anilines is 1. The summed E-state index contributed by atoms with van der Waals surface area (Å²) in [5, 5.41) is 2.94. The predicted octanol–water partition coefficient (Wildman–Crippen LogP) is 6.15. The van der Waals surface area contributed by atoms with Crippen LogP contribution in [0.4, 0.5) is 5.69 Å². The molecule has 0 spiro atoms. The summed E-state index contributed by atoms with van der Waals surface area (Å²) in [4.78, 5) is 17.3. The normalized spacial score (nSPS) is 10.9. The number of aromatic nitrogens is 1. The van der Waals surface area contributed by atoms with Crippen LogP contribution in [-0.4, -0.2) is 17.5 Å². The molecule has 1 N–H and O–H groups in total. The lowest BCUT2D eigenvalue weighted by Gasteiger charge is -2.09. The third-order valence-corrected chi connectivity index (χ3v) is 4.94. The van der Waals surface area contributed by atoms with Crippen molar-refractivity contribution in [3.8, 4) is 17.2 Å². The number of nitrogens with zero attached hydrogens (tertiary/aromatic N) is 1. The average Bonchev–Trinajstić information content (AvgIpc) is 3.15. The molecular formula is C25H24N2O3. The van der Waals surface area contributed by atoms with Crippen LogP contribution in [0.3, 0.4) is 0 Å². The van der Waals surface area contributed by atoms with Crippen molar-refractivity contribution in [3.63, 3.8) is 0 Å². The Morgan fingerprint density at radius 3 is 2.67 bits per heavy atom. The van der Waals surface area contributed by atoms with Gasteiger partial charge in [-0.1, -0.05) is 19.1 Å². The molecule has 0 unspecified atom stereocenters. The highest BCUT2D eigenvalue weighted by atomic mass is 16.5. The summed E-state index contributed by atoms with van der Waals surface area (Å²) >= 11 is 0. The van der Waals surface area contributed by atoms with Crippen molar-refractivity contribution >= 4 is 22.7 Å². The zero-order valence-corrected chi connectivity index (χ0v) is 17.4. The number of oxazole rings is 1. The van der Waals surface area contributed by atoms with E-state index < -0.39 is 0 Å². The lowest BCUT2D eigenvalue weighted by molar-refractivity contribution is 0.102. The molecule has 1 amide bonds. The van der Waals surface area contributed by atoms with Crippen LogP contribution in [0.2, 0.25) is 0 Å². The summed E-state index contributed by atoms with van der Waals surface area (Å²) in [5.74, 6) is 1.02. The largest absolute Gasteiger partial charge is 0.494 e. The molecule has 0 fully saturated rings. The Hall–Kier alpha value is -3.60. The first kappa shape index (κ1) is 19.7. The van der Waals surface area contributed by atoms with E-state index >= 15 is 0 Å². The first-order valence-corrected chi connectivity index (χ1v) is 10.1. The van der Waals surface area contributed by atoms with Crippen molar-refractivity contribution in [2.24, 2.45) is 0 Å². The van der Waals surface area contributed by atoms with Crippen molar-refractivity contribution in [3.05, 3.63) is 77.4 Å². The molecule has 0 aliphatic heterocycles. The Kier molecular flexibility index (Phi) is 5.53. The van der Waals surface area contributed by atoms with Crippen LogP contribution in [0, 0.1) is 13.8 Å². The molecule has 1 heterocycles. The predicted molar refractivity (Wildman–Crippen MR) is 119 cm³/mol. The van der Waals surface area contributed by atoms with Gasteiger partial charge < -0.3 is 14.5 Å². The molecule has 0 saturated heterocycles. The van der Waals surface area contributed by atoms with Crippen LogP contribution in [0.1, 0.15) is 34.8 Å². The van der Waals surface area contributed by atoms with Gasteiger partial charge in [0.1, 0.15) is 11.3 Å². The molecule has 30 heavy (non-hydrogen) atoms. The second-order valence-corrected chi connectivity index (χ2v) is 7.33. The third-order valence-electron chi connectivity index (χ3n) is 4.94. The highest BCUT2D eigenvalue weighted by molar-refractivity contribution is 6.04. The fraction of sp³-hybridized carbons (Fsp3) is 0.200. The van der Waals surface area contributed by atoms with Crippen LogP contribution in [0.15, 0.2) is 65.1 Å². The highest BCUT2D eigenvalue weighted by Crippen LogP contribution is 2.28. The van der Waals surface area contributed by atoms with E-state index in [1.165, 1.54) is 5.56 Å². The number of rotatable bonds is 6. The summed E-state index contributed by atoms with van der Waals surface area (Å²) in [5.41, 5.74) is 5.94. The molecule has 5 nitrogen and oxygen atoms in total. The molecule has 0 aliphatic carbocycles. The quantitative estimate of drug-likeness (QED) is 0.421. The topological polar surface area (TPSA) is 64.4 Å². The van der Waals surface area contributed by atoms with Gasteiger partial charge in [-0.25, -0.2) is 4.98 Å². The monoisotopic (exact) mass is 400 g/mol. The van der Waals surface area contributed by atoms with E-state index in [0.29, 0.717) is 29.5 Å². The van der Waals surface area contributed by atoms with Gasteiger partial charge in [0, 0.05) is 16.8 Å².